The van der Waals surface area contributed by atoms with Crippen LogP contribution in [0.15, 0.2) is 47.1 Å². The van der Waals surface area contributed by atoms with Crippen LogP contribution < -0.4 is 0 Å². The summed E-state index contributed by atoms with van der Waals surface area (Å²) in [4.78, 5) is 10.7. The molecule has 3 nitrogen and oxygen atoms in total. The summed E-state index contributed by atoms with van der Waals surface area (Å²) >= 11 is 3.32. The minimum atomic E-state index is -3.01. The first kappa shape index (κ1) is 19.6. The van der Waals surface area contributed by atoms with E-state index in [0.29, 0.717) is 27.1 Å². The van der Waals surface area contributed by atoms with Crippen LogP contribution in [0.2, 0.25) is 0 Å². The Hall–Kier alpha value is -2.05. The molecule has 2 aromatic carbocycles. The Bertz CT molecular complexity index is 1200. The van der Waals surface area contributed by atoms with Gasteiger partial charge in [0.05, 0.1) is 17.9 Å². The summed E-state index contributed by atoms with van der Waals surface area (Å²) in [5.74, 6) is -2.06. The average Bonchev–Trinajstić information content (AvgIpc) is 3.09. The Kier molecular flexibility index (Phi) is 4.10. The van der Waals surface area contributed by atoms with Gasteiger partial charge in [-0.05, 0) is 67.9 Å². The fourth-order valence-electron chi connectivity index (χ4n) is 5.44. The van der Waals surface area contributed by atoms with Crippen LogP contribution in [0.25, 0.3) is 22.4 Å². The fraction of sp³-hybridized carbons (Fsp3) is 0.400. The number of aromatic nitrogens is 2. The first-order valence-electron chi connectivity index (χ1n) is 10.9. The Morgan fingerprint density at radius 1 is 1.10 bits per heavy atom. The lowest BCUT2D eigenvalue weighted by molar-refractivity contribution is 0.0480. The normalized spacial score (nSPS) is 22.8. The number of alkyl halides is 2. The van der Waals surface area contributed by atoms with Gasteiger partial charge in [-0.25, -0.2) is 4.98 Å². The van der Waals surface area contributed by atoms with Crippen molar-refractivity contribution in [3.8, 4) is 22.4 Å². The molecule has 31 heavy (non-hydrogen) atoms. The van der Waals surface area contributed by atoms with Crippen molar-refractivity contribution in [1.82, 2.24) is 14.9 Å². The van der Waals surface area contributed by atoms with Gasteiger partial charge in [-0.3, -0.25) is 4.90 Å². The summed E-state index contributed by atoms with van der Waals surface area (Å²) in [7, 11) is 0. The maximum Gasteiger partial charge on any atom is 0.299 e. The minimum Gasteiger partial charge on any atom is -0.341 e. The molecule has 3 aromatic rings. The van der Waals surface area contributed by atoms with Crippen molar-refractivity contribution in [2.75, 3.05) is 6.54 Å². The molecule has 1 aromatic heterocycles. The molecule has 1 atom stereocenters. The Morgan fingerprint density at radius 2 is 1.81 bits per heavy atom. The highest BCUT2D eigenvalue weighted by molar-refractivity contribution is 9.10. The van der Waals surface area contributed by atoms with E-state index in [-0.39, 0.29) is 17.2 Å². The quantitative estimate of drug-likeness (QED) is 0.439. The van der Waals surface area contributed by atoms with Gasteiger partial charge in [0, 0.05) is 33.7 Å². The van der Waals surface area contributed by atoms with E-state index in [1.807, 2.05) is 18.2 Å². The highest BCUT2D eigenvalue weighted by Gasteiger charge is 2.53. The number of aromatic amines is 1. The number of likely N-dealkylation sites (tertiary alicyclic amines) is 1. The van der Waals surface area contributed by atoms with Crippen LogP contribution >= 0.6 is 15.9 Å². The summed E-state index contributed by atoms with van der Waals surface area (Å²) in [6.07, 6.45) is 5.53. The molecule has 1 saturated carbocycles. The van der Waals surface area contributed by atoms with E-state index in [4.69, 9.17) is 4.98 Å². The average molecular weight is 484 g/mol. The Balaban J connectivity index is 1.36. The summed E-state index contributed by atoms with van der Waals surface area (Å²) in [5, 5.41) is 0. The van der Waals surface area contributed by atoms with Crippen LogP contribution in [-0.4, -0.2) is 27.5 Å². The van der Waals surface area contributed by atoms with Crippen LogP contribution in [0.5, 0.6) is 0 Å². The number of hydrogen-bond donors (Lipinski definition) is 1. The standard InChI is InChI=1S/C25H24BrF2N3/c1-14(2)31-13-24(7-8-24)11-22(31)23-29-12-21(30-23)15-3-5-17-18-6-4-16(26)10-20(18)25(27,28)19(17)9-15/h3-6,9-10,12,14,22H,7-8,11,13H2,1-2H3,(H,29,30). The van der Waals surface area contributed by atoms with Gasteiger partial charge < -0.3 is 4.98 Å². The number of hydrogen-bond acceptors (Lipinski definition) is 2. The zero-order valence-corrected chi connectivity index (χ0v) is 19.1. The number of fused-ring (bicyclic) bond motifs is 3. The van der Waals surface area contributed by atoms with E-state index in [1.54, 1.807) is 18.3 Å². The smallest absolute Gasteiger partial charge is 0.299 e. The van der Waals surface area contributed by atoms with Gasteiger partial charge in [-0.1, -0.05) is 34.1 Å². The number of halogens is 3. The second-order valence-corrected chi connectivity index (χ2v) is 10.6. The molecular weight excluding hydrogens is 460 g/mol. The lowest BCUT2D eigenvalue weighted by Crippen LogP contribution is -2.31. The highest BCUT2D eigenvalue weighted by atomic mass is 79.9. The van der Waals surface area contributed by atoms with E-state index in [1.165, 1.54) is 18.9 Å². The maximum absolute atomic E-state index is 15.2. The summed E-state index contributed by atoms with van der Waals surface area (Å²) in [6, 6.07) is 11.2. The van der Waals surface area contributed by atoms with Crippen LogP contribution in [0.4, 0.5) is 8.78 Å². The molecule has 2 aliphatic carbocycles. The van der Waals surface area contributed by atoms with Gasteiger partial charge >= 0.3 is 0 Å². The molecule has 160 valence electrons. The number of nitrogens with zero attached hydrogens (tertiary/aromatic N) is 2. The topological polar surface area (TPSA) is 31.9 Å². The molecule has 6 rings (SSSR count). The molecule has 1 spiro atoms. The third-order valence-electron chi connectivity index (χ3n) is 7.36. The van der Waals surface area contributed by atoms with Gasteiger partial charge in [0.25, 0.3) is 5.92 Å². The SMILES string of the molecule is CC(C)N1CC2(CC2)CC1c1ncc(-c2ccc3c(c2)C(F)(F)c2cc(Br)ccc2-3)[nH]1. The lowest BCUT2D eigenvalue weighted by Gasteiger charge is -2.26. The van der Waals surface area contributed by atoms with Crippen LogP contribution in [0, 0.1) is 5.41 Å². The molecule has 1 N–H and O–H groups in total. The van der Waals surface area contributed by atoms with Gasteiger partial charge in [0.15, 0.2) is 0 Å². The van der Waals surface area contributed by atoms with E-state index >= 15 is 8.78 Å². The van der Waals surface area contributed by atoms with Gasteiger partial charge in [-0.15, -0.1) is 0 Å². The van der Waals surface area contributed by atoms with Crippen molar-refractivity contribution >= 4 is 15.9 Å². The Morgan fingerprint density at radius 3 is 2.52 bits per heavy atom. The lowest BCUT2D eigenvalue weighted by atomic mass is 10.0. The largest absolute Gasteiger partial charge is 0.341 e. The Labute approximate surface area is 189 Å². The predicted octanol–water partition coefficient (Wildman–Crippen LogP) is 6.90. The summed E-state index contributed by atoms with van der Waals surface area (Å²) in [5.41, 5.74) is 3.35. The molecule has 0 radical (unpaired) electrons. The van der Waals surface area contributed by atoms with Crippen LogP contribution in [-0.2, 0) is 5.92 Å². The number of nitrogens with one attached hydrogen (secondary N) is 1. The zero-order valence-electron chi connectivity index (χ0n) is 17.6. The van der Waals surface area contributed by atoms with E-state index in [2.05, 4.69) is 39.7 Å². The molecular formula is C25H24BrF2N3. The maximum atomic E-state index is 15.2. The van der Waals surface area contributed by atoms with Gasteiger partial charge in [-0.2, -0.15) is 8.78 Å². The van der Waals surface area contributed by atoms with Crippen molar-refractivity contribution in [3.63, 3.8) is 0 Å². The van der Waals surface area contributed by atoms with E-state index in [0.717, 1.165) is 30.0 Å². The second-order valence-electron chi connectivity index (χ2n) is 9.69. The van der Waals surface area contributed by atoms with Crippen molar-refractivity contribution in [2.24, 2.45) is 5.41 Å². The predicted molar refractivity (Wildman–Crippen MR) is 121 cm³/mol. The molecule has 1 aliphatic heterocycles. The third-order valence-corrected chi connectivity index (χ3v) is 7.85. The fourth-order valence-corrected chi connectivity index (χ4v) is 5.80. The summed E-state index contributed by atoms with van der Waals surface area (Å²) in [6.45, 7) is 5.60. The molecule has 1 unspecified atom stereocenters. The molecule has 6 heteroatoms. The molecule has 3 aliphatic rings. The van der Waals surface area contributed by atoms with Crippen LogP contribution in [0.1, 0.15) is 56.1 Å². The number of H-pyrrole nitrogens is 1. The number of rotatable bonds is 3. The first-order chi connectivity index (χ1) is 14.8. The molecule has 0 amide bonds. The molecule has 0 bridgehead atoms. The van der Waals surface area contributed by atoms with Crippen molar-refractivity contribution in [1.29, 1.82) is 0 Å². The zero-order chi connectivity index (χ0) is 21.5. The van der Waals surface area contributed by atoms with E-state index in [9.17, 15) is 0 Å². The van der Waals surface area contributed by atoms with Crippen LogP contribution in [0.3, 0.4) is 0 Å². The minimum absolute atomic E-state index is 0.0626. The third kappa shape index (κ3) is 2.94. The molecule has 2 heterocycles. The molecule has 1 saturated heterocycles. The van der Waals surface area contributed by atoms with E-state index < -0.39 is 5.92 Å². The monoisotopic (exact) mass is 483 g/mol. The van der Waals surface area contributed by atoms with Gasteiger partial charge in [0.2, 0.25) is 0 Å². The van der Waals surface area contributed by atoms with Gasteiger partial charge in [0.1, 0.15) is 5.82 Å². The van der Waals surface area contributed by atoms with Crippen molar-refractivity contribution in [3.05, 3.63) is 64.0 Å². The highest BCUT2D eigenvalue weighted by Crippen LogP contribution is 2.58. The number of benzene rings is 2. The van der Waals surface area contributed by atoms with Crippen molar-refractivity contribution in [2.45, 2.75) is 51.1 Å². The second kappa shape index (κ2) is 6.48. The van der Waals surface area contributed by atoms with Crippen molar-refractivity contribution < 1.29 is 8.78 Å². The molecule has 2 fully saturated rings. The summed E-state index contributed by atoms with van der Waals surface area (Å²) < 4.78 is 31.1. The number of imidazole rings is 1. The first-order valence-corrected chi connectivity index (χ1v) is 11.7.